The number of aryl methyl sites for hydroxylation is 1. The van der Waals surface area contributed by atoms with Gasteiger partial charge in [0.05, 0.1) is 17.4 Å². The van der Waals surface area contributed by atoms with Crippen LogP contribution in [-0.2, 0) is 0 Å². The molecule has 4 nitrogen and oxygen atoms in total. The number of nitrogens with zero attached hydrogens (tertiary/aromatic N) is 1. The van der Waals surface area contributed by atoms with Crippen LogP contribution in [0.1, 0.15) is 15.9 Å². The molecule has 3 aromatic rings. The minimum absolute atomic E-state index is 0.356. The Bertz CT molecular complexity index is 930. The molecule has 0 unspecified atom stereocenters. The lowest BCUT2D eigenvalue weighted by atomic mass is 10.2. The average molecular weight is 356 g/mol. The maximum Gasteiger partial charge on any atom is 0.257 e. The van der Waals surface area contributed by atoms with Crippen molar-refractivity contribution in [1.29, 1.82) is 0 Å². The molecule has 6 heteroatoms. The van der Waals surface area contributed by atoms with E-state index in [1.807, 2.05) is 19.1 Å². The van der Waals surface area contributed by atoms with Gasteiger partial charge in [-0.2, -0.15) is 0 Å². The van der Waals surface area contributed by atoms with Crippen molar-refractivity contribution >= 4 is 34.6 Å². The number of hydrogen-bond donors (Lipinski definition) is 2. The van der Waals surface area contributed by atoms with Crippen LogP contribution in [0.2, 0.25) is 5.02 Å². The molecule has 0 aliphatic rings. The highest BCUT2D eigenvalue weighted by Gasteiger charge is 2.09. The second-order valence-corrected chi connectivity index (χ2v) is 5.95. The zero-order chi connectivity index (χ0) is 17.8. The van der Waals surface area contributed by atoms with Gasteiger partial charge in [0.1, 0.15) is 5.82 Å². The van der Waals surface area contributed by atoms with Crippen molar-refractivity contribution in [3.8, 4) is 0 Å². The normalized spacial score (nSPS) is 10.4. The van der Waals surface area contributed by atoms with Crippen molar-refractivity contribution in [2.75, 3.05) is 10.6 Å². The highest BCUT2D eigenvalue weighted by Crippen LogP contribution is 2.24. The van der Waals surface area contributed by atoms with Gasteiger partial charge in [-0.1, -0.05) is 23.7 Å². The van der Waals surface area contributed by atoms with Gasteiger partial charge in [-0.3, -0.25) is 9.78 Å². The molecule has 126 valence electrons. The summed E-state index contributed by atoms with van der Waals surface area (Å²) in [6.45, 7) is 1.95. The molecule has 1 amide bonds. The summed E-state index contributed by atoms with van der Waals surface area (Å²) in [6.07, 6.45) is 3.06. The monoisotopic (exact) mass is 355 g/mol. The molecule has 2 aromatic carbocycles. The maximum absolute atomic E-state index is 13.2. The molecule has 0 fully saturated rings. The first-order chi connectivity index (χ1) is 12.0. The number of nitrogens with one attached hydrogen (secondary N) is 2. The summed E-state index contributed by atoms with van der Waals surface area (Å²) in [6, 6.07) is 12.9. The Labute approximate surface area is 149 Å². The van der Waals surface area contributed by atoms with Crippen LogP contribution in [0, 0.1) is 12.7 Å². The molecule has 0 aliphatic heterocycles. The standard InChI is InChI=1S/C19H15ClFN3O/c1-12-5-6-14(20)8-18(12)23-17-7-13(10-22-11-17)19(25)24-16-4-2-3-15(21)9-16/h2-11,23H,1H3,(H,24,25). The molecule has 3 rings (SSSR count). The SMILES string of the molecule is Cc1ccc(Cl)cc1Nc1cncc(C(=O)Nc2cccc(F)c2)c1. The largest absolute Gasteiger partial charge is 0.354 e. The number of amides is 1. The van der Waals surface area contributed by atoms with Crippen LogP contribution in [0.4, 0.5) is 21.5 Å². The Kier molecular flexibility index (Phi) is 4.95. The zero-order valence-corrected chi connectivity index (χ0v) is 14.1. The Morgan fingerprint density at radius 2 is 1.92 bits per heavy atom. The molecule has 1 heterocycles. The lowest BCUT2D eigenvalue weighted by Gasteiger charge is -2.11. The van der Waals surface area contributed by atoms with E-state index in [9.17, 15) is 9.18 Å². The van der Waals surface area contributed by atoms with Crippen LogP contribution < -0.4 is 10.6 Å². The fourth-order valence-corrected chi connectivity index (χ4v) is 2.46. The molecule has 0 atom stereocenters. The van der Waals surface area contributed by atoms with Crippen LogP contribution in [0.3, 0.4) is 0 Å². The lowest BCUT2D eigenvalue weighted by Crippen LogP contribution is -2.12. The Hall–Kier alpha value is -2.92. The Morgan fingerprint density at radius 3 is 2.72 bits per heavy atom. The number of halogens is 2. The van der Waals surface area contributed by atoms with Crippen LogP contribution in [0.25, 0.3) is 0 Å². The van der Waals surface area contributed by atoms with E-state index in [0.29, 0.717) is 22.0 Å². The van der Waals surface area contributed by atoms with Crippen molar-refractivity contribution in [3.05, 3.63) is 82.9 Å². The molecule has 0 aliphatic carbocycles. The molecule has 0 saturated heterocycles. The summed E-state index contributed by atoms with van der Waals surface area (Å²) in [7, 11) is 0. The number of hydrogen-bond acceptors (Lipinski definition) is 3. The number of rotatable bonds is 4. The van der Waals surface area contributed by atoms with E-state index in [-0.39, 0.29) is 5.91 Å². The second kappa shape index (κ2) is 7.32. The average Bonchev–Trinajstić information content (AvgIpc) is 2.58. The number of anilines is 3. The quantitative estimate of drug-likeness (QED) is 0.678. The lowest BCUT2D eigenvalue weighted by molar-refractivity contribution is 0.102. The summed E-state index contributed by atoms with van der Waals surface area (Å²) in [5.74, 6) is -0.785. The summed E-state index contributed by atoms with van der Waals surface area (Å²) in [5, 5.41) is 6.45. The van der Waals surface area contributed by atoms with Crippen molar-refractivity contribution in [2.45, 2.75) is 6.92 Å². The minimum atomic E-state index is -0.414. The predicted molar refractivity (Wildman–Crippen MR) is 98.1 cm³/mol. The van der Waals surface area contributed by atoms with Gasteiger partial charge in [-0.25, -0.2) is 4.39 Å². The third-order valence-corrected chi connectivity index (χ3v) is 3.80. The number of carbonyl (C=O) groups excluding carboxylic acids is 1. The minimum Gasteiger partial charge on any atom is -0.354 e. The first-order valence-corrected chi connectivity index (χ1v) is 7.94. The van der Waals surface area contributed by atoms with Gasteiger partial charge in [-0.05, 0) is 48.9 Å². The fourth-order valence-electron chi connectivity index (χ4n) is 2.29. The van der Waals surface area contributed by atoms with Gasteiger partial charge < -0.3 is 10.6 Å². The maximum atomic E-state index is 13.2. The van der Waals surface area contributed by atoms with Crippen LogP contribution in [-0.4, -0.2) is 10.9 Å². The summed E-state index contributed by atoms with van der Waals surface area (Å²) < 4.78 is 13.2. The molecular formula is C19H15ClFN3O. The molecule has 0 spiro atoms. The van der Waals surface area contributed by atoms with E-state index in [2.05, 4.69) is 15.6 Å². The number of benzene rings is 2. The zero-order valence-electron chi connectivity index (χ0n) is 13.4. The molecule has 1 aromatic heterocycles. The van der Waals surface area contributed by atoms with E-state index in [1.165, 1.54) is 24.4 Å². The van der Waals surface area contributed by atoms with Crippen molar-refractivity contribution in [3.63, 3.8) is 0 Å². The number of carbonyl (C=O) groups is 1. The highest BCUT2D eigenvalue weighted by molar-refractivity contribution is 6.30. The second-order valence-electron chi connectivity index (χ2n) is 5.51. The van der Waals surface area contributed by atoms with Gasteiger partial charge >= 0.3 is 0 Å². The number of aromatic nitrogens is 1. The van der Waals surface area contributed by atoms with Gasteiger partial charge in [0.2, 0.25) is 0 Å². The van der Waals surface area contributed by atoms with Crippen LogP contribution in [0.15, 0.2) is 60.9 Å². The molecule has 0 saturated carbocycles. The third-order valence-electron chi connectivity index (χ3n) is 3.56. The predicted octanol–water partition coefficient (Wildman–Crippen LogP) is 5.18. The van der Waals surface area contributed by atoms with Crippen molar-refractivity contribution < 1.29 is 9.18 Å². The van der Waals surface area contributed by atoms with Crippen molar-refractivity contribution in [1.82, 2.24) is 4.98 Å². The number of pyridine rings is 1. The first-order valence-electron chi connectivity index (χ1n) is 7.56. The summed E-state index contributed by atoms with van der Waals surface area (Å²) in [4.78, 5) is 16.4. The summed E-state index contributed by atoms with van der Waals surface area (Å²) in [5.41, 5.74) is 3.23. The van der Waals surface area contributed by atoms with Crippen molar-refractivity contribution in [2.24, 2.45) is 0 Å². The fraction of sp³-hybridized carbons (Fsp3) is 0.0526. The van der Waals surface area contributed by atoms with Gasteiger partial charge in [0, 0.05) is 22.6 Å². The van der Waals surface area contributed by atoms with E-state index < -0.39 is 5.82 Å². The topological polar surface area (TPSA) is 54.0 Å². The molecule has 0 bridgehead atoms. The van der Waals surface area contributed by atoms with E-state index in [4.69, 9.17) is 11.6 Å². The van der Waals surface area contributed by atoms with Crippen LogP contribution >= 0.6 is 11.6 Å². The third kappa shape index (κ3) is 4.33. The van der Waals surface area contributed by atoms with Gasteiger partial charge in [0.25, 0.3) is 5.91 Å². The Morgan fingerprint density at radius 1 is 1.08 bits per heavy atom. The highest BCUT2D eigenvalue weighted by atomic mass is 35.5. The molecule has 0 radical (unpaired) electrons. The molecular weight excluding hydrogens is 341 g/mol. The van der Waals surface area contributed by atoms with E-state index in [1.54, 1.807) is 24.4 Å². The van der Waals surface area contributed by atoms with Gasteiger partial charge in [0.15, 0.2) is 0 Å². The van der Waals surface area contributed by atoms with Gasteiger partial charge in [-0.15, -0.1) is 0 Å². The summed E-state index contributed by atoms with van der Waals surface area (Å²) >= 11 is 6.02. The van der Waals surface area contributed by atoms with E-state index in [0.717, 1.165) is 11.3 Å². The molecule has 2 N–H and O–H groups in total. The Balaban J connectivity index is 1.79. The van der Waals surface area contributed by atoms with E-state index >= 15 is 0 Å². The first kappa shape index (κ1) is 16.9. The van der Waals surface area contributed by atoms with Crippen LogP contribution in [0.5, 0.6) is 0 Å². The molecule has 25 heavy (non-hydrogen) atoms. The smallest absolute Gasteiger partial charge is 0.257 e.